The highest BCUT2D eigenvalue weighted by Crippen LogP contribution is 2.31. The Morgan fingerprint density at radius 1 is 1.18 bits per heavy atom. The van der Waals surface area contributed by atoms with Gasteiger partial charge >= 0.3 is 0 Å². The zero-order valence-electron chi connectivity index (χ0n) is 16.2. The van der Waals surface area contributed by atoms with Crippen molar-refractivity contribution in [2.45, 2.75) is 24.8 Å². The standard InChI is InChI=1S/C20H23N3O3S2/c1-4-14-10-15-19(22-12-23-20(15)28-14)27-11-18(24)21-8-7-13-5-6-16(25-2)17(9-13)26-3/h5-6,9-10,12H,4,7-8,11H2,1-3H3,(H,21,24). The van der Waals surface area contributed by atoms with Crippen LogP contribution in [0.5, 0.6) is 11.5 Å². The first-order valence-electron chi connectivity index (χ1n) is 8.98. The van der Waals surface area contributed by atoms with Gasteiger partial charge in [-0.25, -0.2) is 9.97 Å². The molecule has 0 saturated carbocycles. The van der Waals surface area contributed by atoms with Crippen LogP contribution in [-0.2, 0) is 17.6 Å². The van der Waals surface area contributed by atoms with Crippen molar-refractivity contribution < 1.29 is 14.3 Å². The smallest absolute Gasteiger partial charge is 0.230 e. The molecule has 0 aliphatic rings. The lowest BCUT2D eigenvalue weighted by Gasteiger charge is -2.10. The fraction of sp³-hybridized carbons (Fsp3) is 0.350. The largest absolute Gasteiger partial charge is 0.493 e. The van der Waals surface area contributed by atoms with Crippen LogP contribution in [0.3, 0.4) is 0 Å². The van der Waals surface area contributed by atoms with Gasteiger partial charge in [0.25, 0.3) is 0 Å². The molecule has 6 nitrogen and oxygen atoms in total. The number of ether oxygens (including phenoxy) is 2. The van der Waals surface area contributed by atoms with Gasteiger partial charge in [-0.05, 0) is 36.6 Å². The first-order valence-corrected chi connectivity index (χ1v) is 10.8. The molecule has 0 radical (unpaired) electrons. The number of nitrogens with one attached hydrogen (secondary N) is 1. The zero-order valence-corrected chi connectivity index (χ0v) is 17.8. The molecule has 0 atom stereocenters. The van der Waals surface area contributed by atoms with Gasteiger partial charge in [0.15, 0.2) is 11.5 Å². The van der Waals surface area contributed by atoms with Gasteiger partial charge in [0.2, 0.25) is 5.91 Å². The number of thiophene rings is 1. The molecule has 3 aromatic rings. The Balaban J connectivity index is 1.51. The number of hydrogen-bond donors (Lipinski definition) is 1. The van der Waals surface area contributed by atoms with E-state index in [0.717, 1.165) is 33.6 Å². The molecule has 148 valence electrons. The summed E-state index contributed by atoms with van der Waals surface area (Å²) in [5.41, 5.74) is 1.08. The highest BCUT2D eigenvalue weighted by atomic mass is 32.2. The van der Waals surface area contributed by atoms with Crippen LogP contribution in [0.4, 0.5) is 0 Å². The lowest BCUT2D eigenvalue weighted by molar-refractivity contribution is -0.118. The van der Waals surface area contributed by atoms with E-state index in [9.17, 15) is 4.79 Å². The average Bonchev–Trinajstić information content (AvgIpc) is 3.16. The summed E-state index contributed by atoms with van der Waals surface area (Å²) >= 11 is 3.12. The molecular weight excluding hydrogens is 394 g/mol. The summed E-state index contributed by atoms with van der Waals surface area (Å²) in [5.74, 6) is 1.71. The fourth-order valence-electron chi connectivity index (χ4n) is 2.74. The molecule has 2 heterocycles. The number of methoxy groups -OCH3 is 2. The van der Waals surface area contributed by atoms with E-state index in [2.05, 4.69) is 28.3 Å². The van der Waals surface area contributed by atoms with Crippen LogP contribution in [0.2, 0.25) is 0 Å². The third-order valence-corrected chi connectivity index (χ3v) is 6.41. The molecule has 0 aliphatic heterocycles. The third kappa shape index (κ3) is 4.94. The Hall–Kier alpha value is -2.32. The van der Waals surface area contributed by atoms with E-state index < -0.39 is 0 Å². The predicted octanol–water partition coefficient (Wildman–Crippen LogP) is 3.72. The Morgan fingerprint density at radius 3 is 2.75 bits per heavy atom. The molecule has 0 bridgehead atoms. The van der Waals surface area contributed by atoms with Crippen LogP contribution < -0.4 is 14.8 Å². The number of aromatic nitrogens is 2. The van der Waals surface area contributed by atoms with Gasteiger partial charge in [0, 0.05) is 16.8 Å². The van der Waals surface area contributed by atoms with Crippen molar-refractivity contribution in [1.29, 1.82) is 0 Å². The Bertz CT molecular complexity index is 959. The van der Waals surface area contributed by atoms with Crippen molar-refractivity contribution in [2.75, 3.05) is 26.5 Å². The van der Waals surface area contributed by atoms with E-state index in [4.69, 9.17) is 9.47 Å². The number of benzene rings is 1. The summed E-state index contributed by atoms with van der Waals surface area (Å²) in [6.45, 7) is 2.68. The Kier molecular flexibility index (Phi) is 7.11. The molecular formula is C20H23N3O3S2. The normalized spacial score (nSPS) is 10.8. The quantitative estimate of drug-likeness (QED) is 0.423. The molecule has 8 heteroatoms. The predicted molar refractivity (Wildman–Crippen MR) is 114 cm³/mol. The first kappa shape index (κ1) is 20.4. The number of carbonyl (C=O) groups excluding carboxylic acids is 1. The minimum atomic E-state index is -0.0109. The molecule has 0 fully saturated rings. The second-order valence-corrected chi connectivity index (χ2v) is 8.12. The van der Waals surface area contributed by atoms with Gasteiger partial charge in [-0.15, -0.1) is 11.3 Å². The molecule has 0 spiro atoms. The van der Waals surface area contributed by atoms with Gasteiger partial charge < -0.3 is 14.8 Å². The third-order valence-electron chi connectivity index (χ3n) is 4.22. The molecule has 0 unspecified atom stereocenters. The molecule has 28 heavy (non-hydrogen) atoms. The van der Waals surface area contributed by atoms with Gasteiger partial charge in [-0.2, -0.15) is 0 Å². The van der Waals surface area contributed by atoms with Crippen LogP contribution in [0.25, 0.3) is 10.2 Å². The summed E-state index contributed by atoms with van der Waals surface area (Å²) in [7, 11) is 3.22. The van der Waals surface area contributed by atoms with Crippen LogP contribution >= 0.6 is 23.1 Å². The van der Waals surface area contributed by atoms with Crippen molar-refractivity contribution in [3.8, 4) is 11.5 Å². The average molecular weight is 418 g/mol. The van der Waals surface area contributed by atoms with Crippen molar-refractivity contribution in [3.05, 3.63) is 41.0 Å². The van der Waals surface area contributed by atoms with Gasteiger partial charge in [0.1, 0.15) is 16.2 Å². The molecule has 1 amide bonds. The number of carbonyl (C=O) groups is 1. The maximum atomic E-state index is 12.2. The second kappa shape index (κ2) is 9.75. The Morgan fingerprint density at radius 2 is 2.00 bits per heavy atom. The summed E-state index contributed by atoms with van der Waals surface area (Å²) in [6, 6.07) is 7.90. The van der Waals surface area contributed by atoms with Crippen molar-refractivity contribution >= 4 is 39.2 Å². The maximum Gasteiger partial charge on any atom is 0.230 e. The number of nitrogens with zero attached hydrogens (tertiary/aromatic N) is 2. The molecule has 3 rings (SSSR count). The Labute approximate surface area is 172 Å². The second-order valence-electron chi connectivity index (χ2n) is 6.04. The summed E-state index contributed by atoms with van der Waals surface area (Å²) in [6.07, 6.45) is 3.26. The molecule has 0 saturated heterocycles. The van der Waals surface area contributed by atoms with Crippen LogP contribution in [0.1, 0.15) is 17.4 Å². The van der Waals surface area contributed by atoms with Crippen molar-refractivity contribution in [1.82, 2.24) is 15.3 Å². The summed E-state index contributed by atoms with van der Waals surface area (Å²) < 4.78 is 10.5. The SMILES string of the molecule is CCc1cc2c(SCC(=O)NCCc3ccc(OC)c(OC)c3)ncnc2s1. The van der Waals surface area contributed by atoms with E-state index in [-0.39, 0.29) is 5.91 Å². The number of fused-ring (bicyclic) bond motifs is 1. The van der Waals surface area contributed by atoms with E-state index in [1.807, 2.05) is 18.2 Å². The lowest BCUT2D eigenvalue weighted by atomic mass is 10.1. The van der Waals surface area contributed by atoms with Gasteiger partial charge in [-0.1, -0.05) is 24.8 Å². The molecule has 1 N–H and O–H groups in total. The molecule has 1 aromatic carbocycles. The highest BCUT2D eigenvalue weighted by Gasteiger charge is 2.11. The van der Waals surface area contributed by atoms with E-state index >= 15 is 0 Å². The van der Waals surface area contributed by atoms with Crippen LogP contribution in [0.15, 0.2) is 35.6 Å². The minimum absolute atomic E-state index is 0.0109. The van der Waals surface area contributed by atoms with Crippen molar-refractivity contribution in [2.24, 2.45) is 0 Å². The number of aryl methyl sites for hydroxylation is 1. The zero-order chi connectivity index (χ0) is 19.9. The van der Waals surface area contributed by atoms with Crippen molar-refractivity contribution in [3.63, 3.8) is 0 Å². The summed E-state index contributed by atoms with van der Waals surface area (Å²) in [5, 5.41) is 4.85. The number of hydrogen-bond acceptors (Lipinski definition) is 7. The topological polar surface area (TPSA) is 73.3 Å². The van der Waals surface area contributed by atoms with Crippen LogP contribution in [0, 0.1) is 0 Å². The van der Waals surface area contributed by atoms with Crippen LogP contribution in [-0.4, -0.2) is 42.4 Å². The molecule has 2 aromatic heterocycles. The number of amides is 1. The summed E-state index contributed by atoms with van der Waals surface area (Å²) in [4.78, 5) is 23.1. The highest BCUT2D eigenvalue weighted by molar-refractivity contribution is 8.00. The maximum absolute atomic E-state index is 12.2. The first-order chi connectivity index (χ1) is 13.6. The minimum Gasteiger partial charge on any atom is -0.493 e. The van der Waals surface area contributed by atoms with Gasteiger partial charge in [0.05, 0.1) is 20.0 Å². The molecule has 0 aliphatic carbocycles. The van der Waals surface area contributed by atoms with E-state index in [1.54, 1.807) is 31.9 Å². The fourth-order valence-corrected chi connectivity index (χ4v) is 4.54. The van der Waals surface area contributed by atoms with Gasteiger partial charge in [-0.3, -0.25) is 4.79 Å². The van der Waals surface area contributed by atoms with E-state index in [1.165, 1.54) is 16.6 Å². The monoisotopic (exact) mass is 417 g/mol. The number of rotatable bonds is 9. The lowest BCUT2D eigenvalue weighted by Crippen LogP contribution is -2.27. The van der Waals surface area contributed by atoms with E-state index in [0.29, 0.717) is 23.8 Å². The number of thioether (sulfide) groups is 1.